The zero-order valence-corrected chi connectivity index (χ0v) is 26.8. The molecule has 39 heavy (non-hydrogen) atoms. The molecule has 0 N–H and O–H groups in total. The Kier molecular flexibility index (Phi) is 13.4. The number of carbonyl (C=O) groups excluding carboxylic acids is 1. The monoisotopic (exact) mass is 542 g/mol. The number of benzene rings is 1. The van der Waals surface area contributed by atoms with Crippen molar-refractivity contribution in [1.82, 2.24) is 0 Å². The fraction of sp³-hybridized carbons (Fsp3) is 0.743. The molecule has 2 rings (SSSR count). The van der Waals surface area contributed by atoms with Crippen molar-refractivity contribution in [1.29, 1.82) is 0 Å². The molecular weight excluding hydrogens is 484 g/mol. The van der Waals surface area contributed by atoms with Crippen LogP contribution >= 0.6 is 0 Å². The summed E-state index contributed by atoms with van der Waals surface area (Å²) in [6.45, 7) is 23.9. The SMILES string of the molecule is C=C(C)CCOC(=O)Oc1c(C)c(C)c2c(c1C)CCC(C)(CCCC(C)CCCC(C)CCCC(C)C)O2. The summed E-state index contributed by atoms with van der Waals surface area (Å²) in [5.74, 6) is 4.06. The summed E-state index contributed by atoms with van der Waals surface area (Å²) in [4.78, 5) is 12.3. The zero-order valence-electron chi connectivity index (χ0n) is 26.8. The van der Waals surface area contributed by atoms with Crippen molar-refractivity contribution in [2.75, 3.05) is 6.61 Å². The van der Waals surface area contributed by atoms with Gasteiger partial charge in [-0.05, 0) is 94.7 Å². The van der Waals surface area contributed by atoms with Gasteiger partial charge >= 0.3 is 6.16 Å². The van der Waals surface area contributed by atoms with Crippen LogP contribution in [0.2, 0.25) is 0 Å². The second-order valence-electron chi connectivity index (χ2n) is 13.3. The molecule has 0 saturated carbocycles. The smallest absolute Gasteiger partial charge is 0.487 e. The lowest BCUT2D eigenvalue weighted by Gasteiger charge is -2.38. The van der Waals surface area contributed by atoms with Crippen LogP contribution in [0.5, 0.6) is 11.5 Å². The normalized spacial score (nSPS) is 18.3. The Morgan fingerprint density at radius 2 is 1.51 bits per heavy atom. The van der Waals surface area contributed by atoms with Crippen molar-refractivity contribution < 1.29 is 19.0 Å². The van der Waals surface area contributed by atoms with E-state index in [-0.39, 0.29) is 12.2 Å². The molecule has 0 bridgehead atoms. The maximum absolute atomic E-state index is 12.3. The maximum Gasteiger partial charge on any atom is 0.513 e. The average Bonchev–Trinajstić information content (AvgIpc) is 2.84. The molecular formula is C35H58O4. The summed E-state index contributed by atoms with van der Waals surface area (Å²) in [5, 5.41) is 0. The van der Waals surface area contributed by atoms with E-state index in [0.29, 0.717) is 12.2 Å². The van der Waals surface area contributed by atoms with Crippen molar-refractivity contribution >= 4 is 6.16 Å². The number of ether oxygens (including phenoxy) is 3. The van der Waals surface area contributed by atoms with E-state index < -0.39 is 6.16 Å². The van der Waals surface area contributed by atoms with Crippen LogP contribution in [0.15, 0.2) is 12.2 Å². The number of fused-ring (bicyclic) bond motifs is 1. The summed E-state index contributed by atoms with van der Waals surface area (Å²) in [5.41, 5.74) is 4.98. The van der Waals surface area contributed by atoms with E-state index >= 15 is 0 Å². The number of rotatable bonds is 16. The fourth-order valence-electron chi connectivity index (χ4n) is 5.83. The molecule has 1 heterocycles. The maximum atomic E-state index is 12.3. The Balaban J connectivity index is 1.86. The Bertz CT molecular complexity index is 947. The van der Waals surface area contributed by atoms with Gasteiger partial charge < -0.3 is 14.2 Å². The van der Waals surface area contributed by atoms with E-state index in [1.807, 2.05) is 20.8 Å². The highest BCUT2D eigenvalue weighted by Crippen LogP contribution is 2.45. The summed E-state index contributed by atoms with van der Waals surface area (Å²) in [6, 6.07) is 0. The van der Waals surface area contributed by atoms with E-state index in [0.717, 1.165) is 70.6 Å². The number of hydrogen-bond acceptors (Lipinski definition) is 4. The van der Waals surface area contributed by atoms with Gasteiger partial charge in [0, 0.05) is 12.0 Å². The Morgan fingerprint density at radius 3 is 2.10 bits per heavy atom. The molecule has 1 aromatic carbocycles. The predicted octanol–water partition coefficient (Wildman–Crippen LogP) is 10.6. The third kappa shape index (κ3) is 10.8. The van der Waals surface area contributed by atoms with Crippen LogP contribution in [-0.2, 0) is 11.2 Å². The van der Waals surface area contributed by atoms with Gasteiger partial charge in [0.25, 0.3) is 0 Å². The molecule has 0 radical (unpaired) electrons. The third-order valence-electron chi connectivity index (χ3n) is 8.77. The highest BCUT2D eigenvalue weighted by atomic mass is 16.7. The van der Waals surface area contributed by atoms with Crippen LogP contribution in [0.1, 0.15) is 134 Å². The lowest BCUT2D eigenvalue weighted by molar-refractivity contribution is 0.0509. The van der Waals surface area contributed by atoms with E-state index in [4.69, 9.17) is 14.2 Å². The Labute approximate surface area is 240 Å². The van der Waals surface area contributed by atoms with Gasteiger partial charge in [0.1, 0.15) is 17.1 Å². The van der Waals surface area contributed by atoms with Crippen molar-refractivity contribution in [3.8, 4) is 11.5 Å². The van der Waals surface area contributed by atoms with Crippen molar-refractivity contribution in [3.63, 3.8) is 0 Å². The molecule has 3 atom stereocenters. The molecule has 0 amide bonds. The molecule has 0 spiro atoms. The minimum Gasteiger partial charge on any atom is -0.487 e. The van der Waals surface area contributed by atoms with Gasteiger partial charge in [-0.3, -0.25) is 0 Å². The molecule has 222 valence electrons. The molecule has 0 aromatic heterocycles. The van der Waals surface area contributed by atoms with Gasteiger partial charge in [-0.2, -0.15) is 0 Å². The van der Waals surface area contributed by atoms with Gasteiger partial charge in [-0.15, -0.1) is 6.58 Å². The molecule has 1 aromatic rings. The molecule has 0 fully saturated rings. The molecule has 1 aliphatic rings. The van der Waals surface area contributed by atoms with E-state index in [1.165, 1.54) is 51.4 Å². The third-order valence-corrected chi connectivity index (χ3v) is 8.77. The first-order valence-corrected chi connectivity index (χ1v) is 15.6. The fourth-order valence-corrected chi connectivity index (χ4v) is 5.83. The van der Waals surface area contributed by atoms with Gasteiger partial charge in [-0.1, -0.05) is 78.2 Å². The molecule has 0 saturated heterocycles. The lowest BCUT2D eigenvalue weighted by Crippen LogP contribution is -2.37. The van der Waals surface area contributed by atoms with Gasteiger partial charge in [0.2, 0.25) is 0 Å². The topological polar surface area (TPSA) is 44.8 Å². The minimum atomic E-state index is -0.655. The number of hydrogen-bond donors (Lipinski definition) is 0. The second-order valence-corrected chi connectivity index (χ2v) is 13.3. The first-order chi connectivity index (χ1) is 18.3. The van der Waals surface area contributed by atoms with Crippen LogP contribution in [0.4, 0.5) is 4.79 Å². The largest absolute Gasteiger partial charge is 0.513 e. The highest BCUT2D eigenvalue weighted by Gasteiger charge is 2.35. The summed E-state index contributed by atoms with van der Waals surface area (Å²) >= 11 is 0. The van der Waals surface area contributed by atoms with Crippen molar-refractivity contribution in [2.24, 2.45) is 17.8 Å². The molecule has 1 aliphatic heterocycles. The van der Waals surface area contributed by atoms with Gasteiger partial charge in [-0.25, -0.2) is 4.79 Å². The van der Waals surface area contributed by atoms with Crippen LogP contribution in [0.3, 0.4) is 0 Å². The quantitative estimate of drug-likeness (QED) is 0.118. The predicted molar refractivity (Wildman–Crippen MR) is 164 cm³/mol. The number of carbonyl (C=O) groups is 1. The Hall–Kier alpha value is -1.97. The van der Waals surface area contributed by atoms with Gasteiger partial charge in [0.15, 0.2) is 0 Å². The summed E-state index contributed by atoms with van der Waals surface area (Å²) in [7, 11) is 0. The summed E-state index contributed by atoms with van der Waals surface area (Å²) < 4.78 is 17.7. The van der Waals surface area contributed by atoms with Gasteiger partial charge in [0.05, 0.1) is 6.61 Å². The van der Waals surface area contributed by atoms with E-state index in [9.17, 15) is 4.79 Å². The molecule has 3 unspecified atom stereocenters. The van der Waals surface area contributed by atoms with Crippen molar-refractivity contribution in [3.05, 3.63) is 34.4 Å². The standard InChI is InChI=1S/C35H58O4/c1-24(2)14-11-15-26(5)16-12-17-27(6)18-13-21-35(10)22-19-31-30(9)32(28(7)29(8)33(31)39-35)38-34(36)37-23-20-25(3)4/h24,26-27H,3,11-23H2,1-2,4-10H3. The van der Waals surface area contributed by atoms with Crippen LogP contribution in [-0.4, -0.2) is 18.4 Å². The second kappa shape index (κ2) is 15.7. The zero-order chi connectivity index (χ0) is 29.2. The Morgan fingerprint density at radius 1 is 0.923 bits per heavy atom. The van der Waals surface area contributed by atoms with Crippen LogP contribution in [0.25, 0.3) is 0 Å². The molecule has 4 heteroatoms. The molecule has 0 aliphatic carbocycles. The first kappa shape index (κ1) is 33.2. The summed E-state index contributed by atoms with van der Waals surface area (Å²) in [6.07, 6.45) is 13.6. The van der Waals surface area contributed by atoms with E-state index in [2.05, 4.69) is 48.1 Å². The highest BCUT2D eigenvalue weighted by molar-refractivity contribution is 5.68. The van der Waals surface area contributed by atoms with Crippen molar-refractivity contribution in [2.45, 2.75) is 145 Å². The minimum absolute atomic E-state index is 0.148. The average molecular weight is 543 g/mol. The van der Waals surface area contributed by atoms with Crippen LogP contribution in [0, 0.1) is 38.5 Å². The van der Waals surface area contributed by atoms with E-state index in [1.54, 1.807) is 0 Å². The lowest BCUT2D eigenvalue weighted by atomic mass is 9.83. The van der Waals surface area contributed by atoms with Crippen LogP contribution < -0.4 is 9.47 Å². The first-order valence-electron chi connectivity index (χ1n) is 15.6. The molecule has 4 nitrogen and oxygen atoms in total.